The van der Waals surface area contributed by atoms with E-state index in [4.69, 9.17) is 0 Å². The van der Waals surface area contributed by atoms with Gasteiger partial charge in [0, 0.05) is 30.8 Å². The van der Waals surface area contributed by atoms with E-state index in [1.807, 2.05) is 18.3 Å². The van der Waals surface area contributed by atoms with Crippen molar-refractivity contribution in [2.45, 2.75) is 43.7 Å². The topological polar surface area (TPSA) is 73.7 Å². The molecule has 0 radical (unpaired) electrons. The highest BCUT2D eigenvalue weighted by Gasteiger charge is 2.54. The molecule has 1 saturated carbocycles. The van der Waals surface area contributed by atoms with Crippen LogP contribution in [0.15, 0.2) is 48.8 Å². The number of carbonyl (C=O) groups is 2. The molecule has 3 aliphatic rings. The van der Waals surface area contributed by atoms with Crippen LogP contribution in [0.4, 0.5) is 0 Å². The van der Waals surface area contributed by atoms with Crippen molar-refractivity contribution in [3.8, 4) is 11.1 Å². The number of benzene rings is 1. The quantitative estimate of drug-likeness (QED) is 0.848. The van der Waals surface area contributed by atoms with E-state index in [-0.39, 0.29) is 48.9 Å². The van der Waals surface area contributed by atoms with E-state index in [0.29, 0.717) is 6.54 Å². The molecule has 1 aromatic heterocycles. The summed E-state index contributed by atoms with van der Waals surface area (Å²) >= 11 is 0. The first-order valence-corrected chi connectivity index (χ1v) is 10.9. The van der Waals surface area contributed by atoms with Crippen LogP contribution >= 0.6 is 0 Å². The monoisotopic (exact) mass is 405 g/mol. The highest BCUT2D eigenvalue weighted by atomic mass is 16.3. The molecule has 5 rings (SSSR count). The van der Waals surface area contributed by atoms with Gasteiger partial charge in [0.2, 0.25) is 11.8 Å². The smallest absolute Gasteiger partial charge is 0.242 e. The summed E-state index contributed by atoms with van der Waals surface area (Å²) in [5.74, 6) is 0.217. The minimum atomic E-state index is -0.213. The molecule has 2 saturated heterocycles. The van der Waals surface area contributed by atoms with Crippen LogP contribution in [-0.4, -0.2) is 63.5 Å². The summed E-state index contributed by atoms with van der Waals surface area (Å²) in [5, 5.41) is 9.97. The number of piperazine rings is 1. The summed E-state index contributed by atoms with van der Waals surface area (Å²) in [6.07, 6.45) is 7.68. The molecule has 6 heteroatoms. The zero-order valence-electron chi connectivity index (χ0n) is 17.0. The summed E-state index contributed by atoms with van der Waals surface area (Å²) in [5.41, 5.74) is 3.24. The van der Waals surface area contributed by atoms with Crippen LogP contribution in [0.2, 0.25) is 0 Å². The van der Waals surface area contributed by atoms with Gasteiger partial charge in [0.05, 0.1) is 25.2 Å². The van der Waals surface area contributed by atoms with Crippen molar-refractivity contribution in [2.75, 3.05) is 19.7 Å². The average Bonchev–Trinajstić information content (AvgIpc) is 3.30. The molecule has 1 N–H and O–H groups in total. The molecule has 0 unspecified atom stereocenters. The van der Waals surface area contributed by atoms with Crippen molar-refractivity contribution in [2.24, 2.45) is 5.92 Å². The SMILES string of the molecule is O=C(C1CCCC1)N1CC(=O)N2[C@H](CO)[C@@H](c3ccc(-c4cccnc4)cc3)[C@@H]2C1. The number of hydrogen-bond acceptors (Lipinski definition) is 4. The van der Waals surface area contributed by atoms with E-state index in [0.717, 1.165) is 42.4 Å². The van der Waals surface area contributed by atoms with Crippen molar-refractivity contribution >= 4 is 11.8 Å². The van der Waals surface area contributed by atoms with Crippen LogP contribution < -0.4 is 0 Å². The normalized spacial score (nSPS) is 26.4. The first-order valence-electron chi connectivity index (χ1n) is 10.9. The lowest BCUT2D eigenvalue weighted by molar-refractivity contribution is -0.168. The second-order valence-corrected chi connectivity index (χ2v) is 8.71. The molecule has 3 heterocycles. The van der Waals surface area contributed by atoms with Gasteiger partial charge in [-0.2, -0.15) is 0 Å². The number of pyridine rings is 1. The maximum Gasteiger partial charge on any atom is 0.242 e. The van der Waals surface area contributed by atoms with E-state index in [1.165, 1.54) is 0 Å². The van der Waals surface area contributed by atoms with Crippen LogP contribution in [0.3, 0.4) is 0 Å². The molecule has 0 spiro atoms. The minimum absolute atomic E-state index is 0.0418. The van der Waals surface area contributed by atoms with Gasteiger partial charge in [0.1, 0.15) is 0 Å². The zero-order valence-corrected chi connectivity index (χ0v) is 17.0. The van der Waals surface area contributed by atoms with E-state index in [2.05, 4.69) is 29.2 Å². The second-order valence-electron chi connectivity index (χ2n) is 8.71. The van der Waals surface area contributed by atoms with E-state index in [9.17, 15) is 14.7 Å². The van der Waals surface area contributed by atoms with Gasteiger partial charge >= 0.3 is 0 Å². The van der Waals surface area contributed by atoms with Crippen molar-refractivity contribution in [3.63, 3.8) is 0 Å². The van der Waals surface area contributed by atoms with Gasteiger partial charge in [-0.05, 0) is 35.6 Å². The van der Waals surface area contributed by atoms with Gasteiger partial charge in [-0.3, -0.25) is 14.6 Å². The lowest BCUT2D eigenvalue weighted by Gasteiger charge is -2.59. The van der Waals surface area contributed by atoms with Crippen LogP contribution in [-0.2, 0) is 9.59 Å². The molecule has 3 fully saturated rings. The van der Waals surface area contributed by atoms with Crippen LogP contribution in [0, 0.1) is 5.92 Å². The first-order chi connectivity index (χ1) is 14.7. The highest BCUT2D eigenvalue weighted by Crippen LogP contribution is 2.43. The standard InChI is InChI=1S/C24H27N3O3/c28-15-21-23(17-9-7-16(8-10-17)19-6-3-11-25-12-19)20-13-26(14-22(29)27(20)21)24(30)18-4-1-2-5-18/h3,6-12,18,20-21,23,28H,1-2,4-5,13-15H2/t20-,21+,23-/m0/s1. The molecule has 30 heavy (non-hydrogen) atoms. The molecule has 2 aromatic rings. The second kappa shape index (κ2) is 7.84. The average molecular weight is 405 g/mol. The Bertz CT molecular complexity index is 924. The van der Waals surface area contributed by atoms with Gasteiger partial charge in [-0.15, -0.1) is 0 Å². The van der Waals surface area contributed by atoms with Crippen molar-refractivity contribution in [3.05, 3.63) is 54.4 Å². The van der Waals surface area contributed by atoms with Gasteiger partial charge in [-0.1, -0.05) is 43.2 Å². The molecule has 0 bridgehead atoms. The summed E-state index contributed by atoms with van der Waals surface area (Å²) < 4.78 is 0. The van der Waals surface area contributed by atoms with Crippen LogP contribution in [0.25, 0.3) is 11.1 Å². The number of nitrogens with zero attached hydrogens (tertiary/aromatic N) is 3. The maximum atomic E-state index is 12.9. The molecule has 156 valence electrons. The Morgan fingerprint density at radius 1 is 1.10 bits per heavy atom. The molecule has 1 aromatic carbocycles. The Balaban J connectivity index is 1.37. The van der Waals surface area contributed by atoms with Gasteiger partial charge in [-0.25, -0.2) is 0 Å². The third-order valence-electron chi connectivity index (χ3n) is 7.06. The molecule has 6 nitrogen and oxygen atoms in total. The number of aromatic nitrogens is 1. The summed E-state index contributed by atoms with van der Waals surface area (Å²) in [6.45, 7) is 0.648. The van der Waals surface area contributed by atoms with Gasteiger partial charge < -0.3 is 14.9 Å². The fraction of sp³-hybridized carbons (Fsp3) is 0.458. The van der Waals surface area contributed by atoms with Crippen molar-refractivity contribution in [1.29, 1.82) is 0 Å². The molecule has 2 aliphatic heterocycles. The largest absolute Gasteiger partial charge is 0.394 e. The molecule has 1 aliphatic carbocycles. The van der Waals surface area contributed by atoms with Gasteiger partial charge in [0.15, 0.2) is 0 Å². The third kappa shape index (κ3) is 3.19. The predicted octanol–water partition coefficient (Wildman–Crippen LogP) is 2.44. The number of amides is 2. The Kier molecular flexibility index (Phi) is 5.03. The Morgan fingerprint density at radius 2 is 1.87 bits per heavy atom. The number of carbonyl (C=O) groups excluding carboxylic acids is 2. The molecule has 3 atom stereocenters. The predicted molar refractivity (Wildman–Crippen MR) is 112 cm³/mol. The summed E-state index contributed by atoms with van der Waals surface area (Å²) in [6, 6.07) is 12.0. The van der Waals surface area contributed by atoms with Crippen molar-refractivity contribution in [1.82, 2.24) is 14.8 Å². The molecular weight excluding hydrogens is 378 g/mol. The fourth-order valence-electron chi connectivity index (χ4n) is 5.53. The number of hydrogen-bond donors (Lipinski definition) is 1. The fourth-order valence-corrected chi connectivity index (χ4v) is 5.53. The minimum Gasteiger partial charge on any atom is -0.394 e. The van der Waals surface area contributed by atoms with Gasteiger partial charge in [0.25, 0.3) is 0 Å². The molecular formula is C24H27N3O3. The maximum absolute atomic E-state index is 12.9. The number of rotatable bonds is 4. The van der Waals surface area contributed by atoms with E-state index >= 15 is 0 Å². The summed E-state index contributed by atoms with van der Waals surface area (Å²) in [4.78, 5) is 33.5. The number of fused-ring (bicyclic) bond motifs is 1. The first kappa shape index (κ1) is 19.2. The number of aliphatic hydroxyl groups excluding tert-OH is 1. The Hall–Kier alpha value is -2.73. The molecule has 2 amide bonds. The zero-order chi connectivity index (χ0) is 20.7. The Morgan fingerprint density at radius 3 is 2.53 bits per heavy atom. The highest BCUT2D eigenvalue weighted by molar-refractivity contribution is 5.88. The van der Waals surface area contributed by atoms with E-state index < -0.39 is 0 Å². The summed E-state index contributed by atoms with van der Waals surface area (Å²) in [7, 11) is 0. The third-order valence-corrected chi connectivity index (χ3v) is 7.06. The van der Waals surface area contributed by atoms with E-state index in [1.54, 1.807) is 16.0 Å². The van der Waals surface area contributed by atoms with Crippen LogP contribution in [0.1, 0.15) is 37.2 Å². The lowest BCUT2D eigenvalue weighted by atomic mass is 9.73. The lowest BCUT2D eigenvalue weighted by Crippen LogP contribution is -2.73. The Labute approximate surface area is 176 Å². The van der Waals surface area contributed by atoms with Crippen LogP contribution in [0.5, 0.6) is 0 Å². The number of aliphatic hydroxyl groups is 1. The van der Waals surface area contributed by atoms with Crippen molar-refractivity contribution < 1.29 is 14.7 Å².